The molecule has 0 saturated carbocycles. The average Bonchev–Trinajstić information content (AvgIpc) is 2.39. The minimum atomic E-state index is -0.188. The Bertz CT molecular complexity index is 503. The van der Waals surface area contributed by atoms with Crippen LogP contribution in [0.2, 0.25) is 0 Å². The quantitative estimate of drug-likeness (QED) is 0.610. The minimum Gasteiger partial charge on any atom is -0.508 e. The van der Waals surface area contributed by atoms with Gasteiger partial charge in [-0.3, -0.25) is 0 Å². The number of aliphatic hydroxyl groups excluding tert-OH is 1. The molecular weight excluding hydrogens is 236 g/mol. The molecule has 1 aromatic rings. The molecule has 0 saturated heterocycles. The first-order valence-corrected chi connectivity index (χ1v) is 6.41. The SMILES string of the molecule is C\C=C(O)/C=C\C(=C/C)C(C)(C)c1ccc(O)cc1. The van der Waals surface area contributed by atoms with E-state index in [-0.39, 0.29) is 16.9 Å². The molecule has 0 heterocycles. The summed E-state index contributed by atoms with van der Waals surface area (Å²) in [5, 5.41) is 18.8. The number of aliphatic hydroxyl groups is 1. The zero-order valence-electron chi connectivity index (χ0n) is 12.0. The van der Waals surface area contributed by atoms with Crippen LogP contribution in [0.3, 0.4) is 0 Å². The molecule has 0 aliphatic rings. The molecule has 19 heavy (non-hydrogen) atoms. The van der Waals surface area contributed by atoms with Crippen molar-refractivity contribution in [3.8, 4) is 5.75 Å². The Hall–Kier alpha value is -1.96. The number of aromatic hydroxyl groups is 1. The standard InChI is InChI=1S/C17H22O2/c1-5-13(7-10-15(18)6-2)17(3,4)14-8-11-16(19)12-9-14/h5-12,18-19H,1-4H3/b10-7-,13-5+,15-6+. The van der Waals surface area contributed by atoms with Crippen molar-refractivity contribution in [1.82, 2.24) is 0 Å². The molecule has 0 aliphatic heterocycles. The maximum Gasteiger partial charge on any atom is 0.115 e. The van der Waals surface area contributed by atoms with Gasteiger partial charge in [0.15, 0.2) is 0 Å². The van der Waals surface area contributed by atoms with Gasteiger partial charge in [-0.2, -0.15) is 0 Å². The summed E-state index contributed by atoms with van der Waals surface area (Å²) in [5.74, 6) is 0.518. The molecule has 0 atom stereocenters. The van der Waals surface area contributed by atoms with E-state index in [2.05, 4.69) is 13.8 Å². The Balaban J connectivity index is 3.09. The molecule has 0 aliphatic carbocycles. The normalized spacial score (nSPS) is 14.1. The molecule has 102 valence electrons. The molecule has 0 aromatic heterocycles. The van der Waals surface area contributed by atoms with Crippen LogP contribution in [0.25, 0.3) is 0 Å². The van der Waals surface area contributed by atoms with E-state index in [4.69, 9.17) is 0 Å². The Morgan fingerprint density at radius 1 is 1.00 bits per heavy atom. The summed E-state index contributed by atoms with van der Waals surface area (Å²) >= 11 is 0. The maximum absolute atomic E-state index is 9.49. The molecule has 2 nitrogen and oxygen atoms in total. The molecule has 0 radical (unpaired) electrons. The van der Waals surface area contributed by atoms with Gasteiger partial charge in [0.25, 0.3) is 0 Å². The summed E-state index contributed by atoms with van der Waals surface area (Å²) < 4.78 is 0. The lowest BCUT2D eigenvalue weighted by atomic mass is 9.77. The van der Waals surface area contributed by atoms with Crippen molar-refractivity contribution in [3.05, 3.63) is 65.5 Å². The van der Waals surface area contributed by atoms with Gasteiger partial charge in [0.1, 0.15) is 11.5 Å². The fourth-order valence-electron chi connectivity index (χ4n) is 1.98. The molecule has 2 N–H and O–H groups in total. The van der Waals surface area contributed by atoms with E-state index < -0.39 is 0 Å². The van der Waals surface area contributed by atoms with Crippen LogP contribution in [0.4, 0.5) is 0 Å². The molecule has 0 bridgehead atoms. The third-order valence-electron chi connectivity index (χ3n) is 3.35. The molecule has 0 spiro atoms. The van der Waals surface area contributed by atoms with Gasteiger partial charge in [-0.1, -0.05) is 38.1 Å². The molecule has 1 rings (SSSR count). The second-order valence-corrected chi connectivity index (χ2v) is 4.96. The number of phenols is 1. The van der Waals surface area contributed by atoms with Crippen molar-refractivity contribution in [3.63, 3.8) is 0 Å². The Morgan fingerprint density at radius 2 is 1.58 bits per heavy atom. The van der Waals surface area contributed by atoms with E-state index in [9.17, 15) is 10.2 Å². The van der Waals surface area contributed by atoms with Crippen molar-refractivity contribution in [1.29, 1.82) is 0 Å². The monoisotopic (exact) mass is 258 g/mol. The third kappa shape index (κ3) is 3.75. The number of rotatable bonds is 4. The van der Waals surface area contributed by atoms with E-state index in [0.29, 0.717) is 0 Å². The van der Waals surface area contributed by atoms with Crippen LogP contribution in [-0.2, 0) is 5.41 Å². The number of benzene rings is 1. The summed E-state index contributed by atoms with van der Waals surface area (Å²) in [6.45, 7) is 8.01. The highest BCUT2D eigenvalue weighted by molar-refractivity contribution is 5.42. The lowest BCUT2D eigenvalue weighted by molar-refractivity contribution is 0.431. The second kappa shape index (κ2) is 6.28. The first-order valence-electron chi connectivity index (χ1n) is 6.41. The number of phenolic OH excluding ortho intramolecular Hbond substituents is 1. The summed E-state index contributed by atoms with van der Waals surface area (Å²) in [6, 6.07) is 7.22. The highest BCUT2D eigenvalue weighted by Crippen LogP contribution is 2.33. The van der Waals surface area contributed by atoms with Crippen molar-refractivity contribution in [2.75, 3.05) is 0 Å². The fraction of sp³-hybridized carbons (Fsp3) is 0.294. The summed E-state index contributed by atoms with van der Waals surface area (Å²) in [5.41, 5.74) is 2.03. The zero-order chi connectivity index (χ0) is 14.5. The van der Waals surface area contributed by atoms with Crippen molar-refractivity contribution in [2.24, 2.45) is 0 Å². The molecule has 0 unspecified atom stereocenters. The van der Waals surface area contributed by atoms with Crippen molar-refractivity contribution < 1.29 is 10.2 Å². The van der Waals surface area contributed by atoms with Gasteiger partial charge in [-0.15, -0.1) is 0 Å². The van der Waals surface area contributed by atoms with Crippen molar-refractivity contribution >= 4 is 0 Å². The van der Waals surface area contributed by atoms with Crippen LogP contribution in [0, 0.1) is 0 Å². The maximum atomic E-state index is 9.49. The van der Waals surface area contributed by atoms with Crippen LogP contribution in [-0.4, -0.2) is 10.2 Å². The molecule has 2 heteroatoms. The Morgan fingerprint density at radius 3 is 2.05 bits per heavy atom. The van der Waals surface area contributed by atoms with Crippen LogP contribution < -0.4 is 0 Å². The van der Waals surface area contributed by atoms with Gasteiger partial charge in [-0.05, 0) is 49.3 Å². The molecule has 0 fully saturated rings. The highest BCUT2D eigenvalue weighted by atomic mass is 16.3. The van der Waals surface area contributed by atoms with E-state index in [1.54, 1.807) is 31.2 Å². The van der Waals surface area contributed by atoms with E-state index in [1.165, 1.54) is 0 Å². The Kier molecular flexibility index (Phi) is 4.99. The van der Waals surface area contributed by atoms with Crippen LogP contribution in [0.15, 0.2) is 59.9 Å². The number of allylic oxidation sites excluding steroid dienone is 5. The summed E-state index contributed by atoms with van der Waals surface area (Å²) in [4.78, 5) is 0. The lowest BCUT2D eigenvalue weighted by Gasteiger charge is -2.27. The fourth-order valence-corrected chi connectivity index (χ4v) is 1.98. The van der Waals surface area contributed by atoms with Crippen LogP contribution in [0.1, 0.15) is 33.3 Å². The molecular formula is C17H22O2. The topological polar surface area (TPSA) is 40.5 Å². The smallest absolute Gasteiger partial charge is 0.115 e. The highest BCUT2D eigenvalue weighted by Gasteiger charge is 2.23. The van der Waals surface area contributed by atoms with Crippen LogP contribution >= 0.6 is 0 Å². The lowest BCUT2D eigenvalue weighted by Crippen LogP contribution is -2.19. The summed E-state index contributed by atoms with van der Waals surface area (Å²) in [6.07, 6.45) is 7.29. The summed E-state index contributed by atoms with van der Waals surface area (Å²) in [7, 11) is 0. The largest absolute Gasteiger partial charge is 0.508 e. The Labute approximate surface area is 115 Å². The van der Waals surface area contributed by atoms with Gasteiger partial charge in [-0.25, -0.2) is 0 Å². The van der Waals surface area contributed by atoms with Crippen LogP contribution in [0.5, 0.6) is 5.75 Å². The van der Waals surface area contributed by atoms with E-state index in [1.807, 2.05) is 31.2 Å². The first kappa shape index (κ1) is 15.1. The predicted octanol–water partition coefficient (Wildman–Crippen LogP) is 4.63. The predicted molar refractivity (Wildman–Crippen MR) is 80.4 cm³/mol. The molecule has 0 amide bonds. The van der Waals surface area contributed by atoms with E-state index in [0.717, 1.165) is 11.1 Å². The number of hydrogen-bond acceptors (Lipinski definition) is 2. The van der Waals surface area contributed by atoms with Crippen molar-refractivity contribution in [2.45, 2.75) is 33.1 Å². The second-order valence-electron chi connectivity index (χ2n) is 4.96. The zero-order valence-corrected chi connectivity index (χ0v) is 12.0. The van der Waals surface area contributed by atoms with E-state index >= 15 is 0 Å². The minimum absolute atomic E-state index is 0.188. The first-order chi connectivity index (χ1) is 8.91. The van der Waals surface area contributed by atoms with Gasteiger partial charge >= 0.3 is 0 Å². The number of hydrogen-bond donors (Lipinski definition) is 2. The van der Waals surface area contributed by atoms with Gasteiger partial charge in [0.2, 0.25) is 0 Å². The van der Waals surface area contributed by atoms with Gasteiger partial charge in [0.05, 0.1) is 0 Å². The van der Waals surface area contributed by atoms with Gasteiger partial charge < -0.3 is 10.2 Å². The average molecular weight is 258 g/mol. The molecule has 1 aromatic carbocycles. The van der Waals surface area contributed by atoms with Gasteiger partial charge in [0, 0.05) is 5.41 Å². The third-order valence-corrected chi connectivity index (χ3v) is 3.35.